The second-order valence-corrected chi connectivity index (χ2v) is 6.06. The number of hydrogen-bond acceptors (Lipinski definition) is 1. The molecule has 1 saturated carbocycles. The van der Waals surface area contributed by atoms with Crippen LogP contribution in [0.1, 0.15) is 53.4 Å². The fraction of sp³-hybridized carbons (Fsp3) is 0.867. The average molecular weight is 223 g/mol. The Balaban J connectivity index is 2.21. The quantitative estimate of drug-likeness (QED) is 0.695. The molecule has 1 fully saturated rings. The highest BCUT2D eigenvalue weighted by molar-refractivity contribution is 5.03. The van der Waals surface area contributed by atoms with E-state index >= 15 is 0 Å². The molecule has 0 aromatic rings. The van der Waals surface area contributed by atoms with Crippen molar-refractivity contribution in [3.05, 3.63) is 11.6 Å². The highest BCUT2D eigenvalue weighted by Gasteiger charge is 2.16. The maximum absolute atomic E-state index is 3.51. The van der Waals surface area contributed by atoms with E-state index < -0.39 is 0 Å². The van der Waals surface area contributed by atoms with E-state index in [0.29, 0.717) is 0 Å². The van der Waals surface area contributed by atoms with Gasteiger partial charge in [0.25, 0.3) is 0 Å². The lowest BCUT2D eigenvalue weighted by Crippen LogP contribution is -2.22. The summed E-state index contributed by atoms with van der Waals surface area (Å²) in [4.78, 5) is 0. The Hall–Kier alpha value is -0.300. The van der Waals surface area contributed by atoms with Crippen LogP contribution in [0.25, 0.3) is 0 Å². The van der Waals surface area contributed by atoms with Crippen LogP contribution in [0, 0.1) is 17.8 Å². The maximum Gasteiger partial charge on any atom is 0.0162 e. The Kier molecular flexibility index (Phi) is 6.12. The molecule has 0 aliphatic heterocycles. The number of rotatable bonds is 5. The van der Waals surface area contributed by atoms with Gasteiger partial charge in [-0.05, 0) is 44.1 Å². The van der Waals surface area contributed by atoms with E-state index in [1.54, 1.807) is 0 Å². The highest BCUT2D eigenvalue weighted by atomic mass is 14.8. The molecule has 1 rings (SSSR count). The summed E-state index contributed by atoms with van der Waals surface area (Å²) < 4.78 is 0. The zero-order valence-corrected chi connectivity index (χ0v) is 11.6. The van der Waals surface area contributed by atoms with Gasteiger partial charge in [0.15, 0.2) is 0 Å². The van der Waals surface area contributed by atoms with Gasteiger partial charge in [-0.25, -0.2) is 0 Å². The Morgan fingerprint density at radius 3 is 2.44 bits per heavy atom. The van der Waals surface area contributed by atoms with E-state index in [9.17, 15) is 0 Å². The molecule has 0 spiro atoms. The molecule has 94 valence electrons. The molecule has 16 heavy (non-hydrogen) atoms. The summed E-state index contributed by atoms with van der Waals surface area (Å²) in [5.74, 6) is 2.57. The summed E-state index contributed by atoms with van der Waals surface area (Å²) in [7, 11) is 0. The van der Waals surface area contributed by atoms with Crippen LogP contribution in [-0.2, 0) is 0 Å². The molecule has 0 heterocycles. The summed E-state index contributed by atoms with van der Waals surface area (Å²) >= 11 is 0. The zero-order valence-electron chi connectivity index (χ0n) is 11.6. The van der Waals surface area contributed by atoms with E-state index in [1.165, 1.54) is 31.3 Å². The van der Waals surface area contributed by atoms with Gasteiger partial charge in [-0.2, -0.15) is 0 Å². The van der Waals surface area contributed by atoms with Crippen LogP contribution in [0.15, 0.2) is 11.6 Å². The predicted octanol–water partition coefficient (Wildman–Crippen LogP) is 4.00. The Morgan fingerprint density at radius 1 is 1.25 bits per heavy atom. The molecular weight excluding hydrogens is 194 g/mol. The summed E-state index contributed by atoms with van der Waals surface area (Å²) in [6.45, 7) is 11.4. The molecule has 1 N–H and O–H groups in total. The lowest BCUT2D eigenvalue weighted by Gasteiger charge is -2.24. The van der Waals surface area contributed by atoms with Crippen LogP contribution in [0.3, 0.4) is 0 Å². The molecule has 0 bridgehead atoms. The Morgan fingerprint density at radius 2 is 1.88 bits per heavy atom. The molecule has 0 atom stereocenters. The summed E-state index contributed by atoms with van der Waals surface area (Å²) in [6, 6.07) is 0. The van der Waals surface area contributed by atoms with Gasteiger partial charge in [0, 0.05) is 6.54 Å². The van der Waals surface area contributed by atoms with Gasteiger partial charge in [0.1, 0.15) is 0 Å². The van der Waals surface area contributed by atoms with E-state index in [4.69, 9.17) is 0 Å². The number of allylic oxidation sites excluding steroid dienone is 1. The van der Waals surface area contributed by atoms with Crippen molar-refractivity contribution in [2.45, 2.75) is 53.4 Å². The topological polar surface area (TPSA) is 12.0 Å². The summed E-state index contributed by atoms with van der Waals surface area (Å²) in [5.41, 5.74) is 1.53. The first-order valence-electron chi connectivity index (χ1n) is 6.96. The largest absolute Gasteiger partial charge is 0.313 e. The van der Waals surface area contributed by atoms with Crippen LogP contribution in [0.2, 0.25) is 0 Å². The first kappa shape index (κ1) is 13.8. The zero-order chi connectivity index (χ0) is 12.0. The van der Waals surface area contributed by atoms with E-state index in [-0.39, 0.29) is 0 Å². The van der Waals surface area contributed by atoms with Crippen molar-refractivity contribution >= 4 is 0 Å². The van der Waals surface area contributed by atoms with Gasteiger partial charge >= 0.3 is 0 Å². The van der Waals surface area contributed by atoms with E-state index in [0.717, 1.165) is 30.8 Å². The molecule has 1 aliphatic carbocycles. The van der Waals surface area contributed by atoms with Crippen molar-refractivity contribution in [2.75, 3.05) is 13.1 Å². The van der Waals surface area contributed by atoms with E-state index in [2.05, 4.69) is 39.1 Å². The minimum absolute atomic E-state index is 0.753. The van der Waals surface area contributed by atoms with Crippen molar-refractivity contribution in [3.8, 4) is 0 Å². The average Bonchev–Trinajstić information content (AvgIpc) is 2.21. The fourth-order valence-corrected chi connectivity index (χ4v) is 2.47. The summed E-state index contributed by atoms with van der Waals surface area (Å²) in [5, 5.41) is 3.51. The maximum atomic E-state index is 3.51. The van der Waals surface area contributed by atoms with Crippen molar-refractivity contribution in [1.82, 2.24) is 5.32 Å². The lowest BCUT2D eigenvalue weighted by molar-refractivity contribution is 0.329. The van der Waals surface area contributed by atoms with Gasteiger partial charge < -0.3 is 5.32 Å². The van der Waals surface area contributed by atoms with Gasteiger partial charge in [-0.1, -0.05) is 45.3 Å². The monoisotopic (exact) mass is 223 g/mol. The van der Waals surface area contributed by atoms with Gasteiger partial charge in [0.05, 0.1) is 0 Å². The van der Waals surface area contributed by atoms with Crippen LogP contribution in [-0.4, -0.2) is 13.1 Å². The molecule has 1 nitrogen and oxygen atoms in total. The van der Waals surface area contributed by atoms with Crippen molar-refractivity contribution in [2.24, 2.45) is 17.8 Å². The van der Waals surface area contributed by atoms with Gasteiger partial charge in [-0.3, -0.25) is 0 Å². The van der Waals surface area contributed by atoms with Crippen LogP contribution >= 0.6 is 0 Å². The van der Waals surface area contributed by atoms with Gasteiger partial charge in [-0.15, -0.1) is 0 Å². The second kappa shape index (κ2) is 7.11. The molecule has 0 amide bonds. The van der Waals surface area contributed by atoms with Crippen molar-refractivity contribution in [3.63, 3.8) is 0 Å². The third-order valence-electron chi connectivity index (χ3n) is 3.54. The predicted molar refractivity (Wildman–Crippen MR) is 72.6 cm³/mol. The Bertz CT molecular complexity index is 209. The molecule has 1 heteroatoms. The third-order valence-corrected chi connectivity index (χ3v) is 3.54. The molecule has 0 saturated heterocycles. The van der Waals surface area contributed by atoms with Crippen LogP contribution in [0.5, 0.6) is 0 Å². The first-order chi connectivity index (χ1) is 7.58. The minimum atomic E-state index is 0.753. The van der Waals surface area contributed by atoms with E-state index in [1.807, 2.05) is 0 Å². The lowest BCUT2D eigenvalue weighted by atomic mass is 9.82. The SMILES string of the molecule is C/C(=C\C1CCC(C)CC1)CNCC(C)C. The summed E-state index contributed by atoms with van der Waals surface area (Å²) in [6.07, 6.45) is 8.17. The fourth-order valence-electron chi connectivity index (χ4n) is 2.47. The number of hydrogen-bond donors (Lipinski definition) is 1. The van der Waals surface area contributed by atoms with Crippen molar-refractivity contribution < 1.29 is 0 Å². The molecule has 1 aliphatic rings. The molecule has 0 radical (unpaired) electrons. The normalized spacial score (nSPS) is 27.4. The smallest absolute Gasteiger partial charge is 0.0162 e. The highest BCUT2D eigenvalue weighted by Crippen LogP contribution is 2.29. The number of nitrogens with one attached hydrogen (secondary N) is 1. The van der Waals surface area contributed by atoms with Crippen LogP contribution in [0.4, 0.5) is 0 Å². The third kappa shape index (κ3) is 5.69. The molecule has 0 unspecified atom stereocenters. The van der Waals surface area contributed by atoms with Crippen molar-refractivity contribution in [1.29, 1.82) is 0 Å². The van der Waals surface area contributed by atoms with Gasteiger partial charge in [0.2, 0.25) is 0 Å². The molecular formula is C15H29N. The molecule has 0 aromatic heterocycles. The van der Waals surface area contributed by atoms with Crippen LogP contribution < -0.4 is 5.32 Å². The second-order valence-electron chi connectivity index (χ2n) is 6.06. The minimum Gasteiger partial charge on any atom is -0.313 e. The Labute approximate surface area is 102 Å². The standard InChI is InChI=1S/C15H29N/c1-12(2)10-16-11-14(4)9-15-7-5-13(3)6-8-15/h9,12-13,15-16H,5-8,10-11H2,1-4H3/b14-9+. The molecule has 0 aromatic carbocycles. The first-order valence-corrected chi connectivity index (χ1v) is 6.96.